The first-order valence-electron chi connectivity index (χ1n) is 6.66. The van der Waals surface area contributed by atoms with Crippen molar-refractivity contribution in [1.29, 1.82) is 0 Å². The minimum atomic E-state index is -4.49. The number of carbonyl (C=O) groups is 1. The molecule has 7 heteroatoms. The number of hydrogen-bond acceptors (Lipinski definition) is 2. The van der Waals surface area contributed by atoms with Gasteiger partial charge in [0.15, 0.2) is 6.10 Å². The summed E-state index contributed by atoms with van der Waals surface area (Å²) in [7, 11) is 0. The van der Waals surface area contributed by atoms with Gasteiger partial charge in [-0.15, -0.1) is 0 Å². The molecule has 2 rings (SSSR count). The maximum absolute atomic E-state index is 12.8. The fourth-order valence-electron chi connectivity index (χ4n) is 1.79. The first-order chi connectivity index (χ1) is 10.8. The van der Waals surface area contributed by atoms with Gasteiger partial charge in [0.2, 0.25) is 0 Å². The van der Waals surface area contributed by atoms with Gasteiger partial charge in [-0.2, -0.15) is 13.2 Å². The van der Waals surface area contributed by atoms with Crippen molar-refractivity contribution in [3.05, 3.63) is 59.9 Å². The second kappa shape index (κ2) is 6.68. The Hall–Kier alpha value is -2.57. The third kappa shape index (κ3) is 4.70. The van der Waals surface area contributed by atoms with Gasteiger partial charge in [0.05, 0.1) is 5.56 Å². The number of ether oxygens (including phenoxy) is 1. The SMILES string of the molecule is CC(Oc1ccc(F)cc1)C(=O)Nc1cccc(C(F)(F)F)c1. The van der Waals surface area contributed by atoms with E-state index in [1.165, 1.54) is 43.3 Å². The molecular weight excluding hydrogens is 314 g/mol. The number of carbonyl (C=O) groups excluding carboxylic acids is 1. The lowest BCUT2D eigenvalue weighted by Crippen LogP contribution is -2.30. The summed E-state index contributed by atoms with van der Waals surface area (Å²) < 4.78 is 55.9. The van der Waals surface area contributed by atoms with E-state index in [0.717, 1.165) is 12.1 Å². The number of nitrogens with one attached hydrogen (secondary N) is 1. The number of benzene rings is 2. The third-order valence-electron chi connectivity index (χ3n) is 2.95. The van der Waals surface area contributed by atoms with E-state index < -0.39 is 29.6 Å². The molecule has 122 valence electrons. The molecule has 0 bridgehead atoms. The van der Waals surface area contributed by atoms with Crippen LogP contribution in [0.25, 0.3) is 0 Å². The van der Waals surface area contributed by atoms with Gasteiger partial charge in [0.1, 0.15) is 11.6 Å². The van der Waals surface area contributed by atoms with Crippen LogP contribution in [-0.4, -0.2) is 12.0 Å². The van der Waals surface area contributed by atoms with Gasteiger partial charge in [-0.25, -0.2) is 4.39 Å². The predicted octanol–water partition coefficient (Wildman–Crippen LogP) is 4.25. The first kappa shape index (κ1) is 16.8. The number of hydrogen-bond donors (Lipinski definition) is 1. The van der Waals surface area contributed by atoms with Gasteiger partial charge in [0.25, 0.3) is 5.91 Å². The maximum atomic E-state index is 12.8. The van der Waals surface area contributed by atoms with Crippen LogP contribution in [0.3, 0.4) is 0 Å². The van der Waals surface area contributed by atoms with Gasteiger partial charge in [0, 0.05) is 5.69 Å². The second-order valence-corrected chi connectivity index (χ2v) is 4.78. The summed E-state index contributed by atoms with van der Waals surface area (Å²) in [6.07, 6.45) is -5.45. The van der Waals surface area contributed by atoms with Crippen molar-refractivity contribution < 1.29 is 27.1 Å². The molecule has 0 heterocycles. The molecule has 0 aromatic heterocycles. The van der Waals surface area contributed by atoms with Crippen LogP contribution in [0.2, 0.25) is 0 Å². The topological polar surface area (TPSA) is 38.3 Å². The van der Waals surface area contributed by atoms with E-state index in [9.17, 15) is 22.4 Å². The fourth-order valence-corrected chi connectivity index (χ4v) is 1.79. The van der Waals surface area contributed by atoms with Crippen LogP contribution in [0.1, 0.15) is 12.5 Å². The van der Waals surface area contributed by atoms with Crippen LogP contribution in [0.15, 0.2) is 48.5 Å². The Kier molecular flexibility index (Phi) is 4.88. The molecule has 1 unspecified atom stereocenters. The zero-order chi connectivity index (χ0) is 17.0. The van der Waals surface area contributed by atoms with Gasteiger partial charge in [-0.3, -0.25) is 4.79 Å². The summed E-state index contributed by atoms with van der Waals surface area (Å²) in [6.45, 7) is 1.44. The van der Waals surface area contributed by atoms with Crippen molar-refractivity contribution in [2.75, 3.05) is 5.32 Å². The predicted molar refractivity (Wildman–Crippen MR) is 76.6 cm³/mol. The molecule has 0 aliphatic rings. The Morgan fingerprint density at radius 2 is 1.78 bits per heavy atom. The van der Waals surface area contributed by atoms with E-state index in [1.807, 2.05) is 0 Å². The summed E-state index contributed by atoms with van der Waals surface area (Å²) in [5.41, 5.74) is -0.846. The monoisotopic (exact) mass is 327 g/mol. The zero-order valence-corrected chi connectivity index (χ0v) is 12.0. The van der Waals surface area contributed by atoms with Crippen molar-refractivity contribution in [3.63, 3.8) is 0 Å². The molecule has 0 aliphatic heterocycles. The van der Waals surface area contributed by atoms with Crippen LogP contribution in [0.4, 0.5) is 23.2 Å². The van der Waals surface area contributed by atoms with Crippen LogP contribution in [0.5, 0.6) is 5.75 Å². The lowest BCUT2D eigenvalue weighted by atomic mass is 10.2. The van der Waals surface area contributed by atoms with Crippen molar-refractivity contribution in [2.24, 2.45) is 0 Å². The van der Waals surface area contributed by atoms with Crippen LogP contribution in [0, 0.1) is 5.82 Å². The molecule has 1 atom stereocenters. The molecule has 0 fully saturated rings. The molecule has 0 saturated carbocycles. The number of alkyl halides is 3. The van der Waals surface area contributed by atoms with Crippen molar-refractivity contribution >= 4 is 11.6 Å². The third-order valence-corrected chi connectivity index (χ3v) is 2.95. The molecule has 1 amide bonds. The quantitative estimate of drug-likeness (QED) is 0.853. The highest BCUT2D eigenvalue weighted by Crippen LogP contribution is 2.30. The van der Waals surface area contributed by atoms with Crippen LogP contribution in [-0.2, 0) is 11.0 Å². The lowest BCUT2D eigenvalue weighted by molar-refractivity contribution is -0.137. The summed E-state index contributed by atoms with van der Waals surface area (Å²) in [5, 5.41) is 2.35. The molecule has 2 aromatic carbocycles. The number of amides is 1. The molecule has 23 heavy (non-hydrogen) atoms. The average Bonchev–Trinajstić information content (AvgIpc) is 2.49. The van der Waals surface area contributed by atoms with E-state index in [4.69, 9.17) is 4.74 Å². The molecule has 1 N–H and O–H groups in total. The Morgan fingerprint density at radius 3 is 2.39 bits per heavy atom. The molecule has 0 radical (unpaired) electrons. The van der Waals surface area contributed by atoms with Crippen LogP contribution >= 0.6 is 0 Å². The summed E-state index contributed by atoms with van der Waals surface area (Å²) in [4.78, 5) is 12.0. The molecule has 0 spiro atoms. The largest absolute Gasteiger partial charge is 0.481 e. The standard InChI is InChI=1S/C16H13F4NO2/c1-10(23-14-7-5-12(17)6-8-14)15(22)21-13-4-2-3-11(9-13)16(18,19)20/h2-10H,1H3,(H,21,22). The van der Waals surface area contributed by atoms with Crippen molar-refractivity contribution in [1.82, 2.24) is 0 Å². The summed E-state index contributed by atoms with van der Waals surface area (Å²) >= 11 is 0. The fraction of sp³-hybridized carbons (Fsp3) is 0.188. The lowest BCUT2D eigenvalue weighted by Gasteiger charge is -2.15. The Bertz CT molecular complexity index is 683. The van der Waals surface area contributed by atoms with Gasteiger partial charge in [-0.1, -0.05) is 6.07 Å². The molecule has 0 aliphatic carbocycles. The van der Waals surface area contributed by atoms with Gasteiger partial charge in [-0.05, 0) is 49.4 Å². The summed E-state index contributed by atoms with van der Waals surface area (Å²) in [5.74, 6) is -0.787. The van der Waals surface area contributed by atoms with Crippen molar-refractivity contribution in [3.8, 4) is 5.75 Å². The highest BCUT2D eigenvalue weighted by Gasteiger charge is 2.30. The van der Waals surface area contributed by atoms with E-state index in [-0.39, 0.29) is 11.4 Å². The highest BCUT2D eigenvalue weighted by atomic mass is 19.4. The highest BCUT2D eigenvalue weighted by molar-refractivity contribution is 5.94. The average molecular weight is 327 g/mol. The molecular formula is C16H13F4NO2. The smallest absolute Gasteiger partial charge is 0.416 e. The van der Waals surface area contributed by atoms with Crippen LogP contribution < -0.4 is 10.1 Å². The van der Waals surface area contributed by atoms with E-state index in [2.05, 4.69) is 5.32 Å². The van der Waals surface area contributed by atoms with Gasteiger partial charge >= 0.3 is 6.18 Å². The first-order valence-corrected chi connectivity index (χ1v) is 6.66. The Morgan fingerprint density at radius 1 is 1.13 bits per heavy atom. The minimum absolute atomic E-state index is 0.0133. The molecule has 2 aromatic rings. The Balaban J connectivity index is 2.02. The van der Waals surface area contributed by atoms with Gasteiger partial charge < -0.3 is 10.1 Å². The zero-order valence-electron chi connectivity index (χ0n) is 12.0. The maximum Gasteiger partial charge on any atom is 0.416 e. The number of rotatable bonds is 4. The van der Waals surface area contributed by atoms with E-state index in [0.29, 0.717) is 0 Å². The number of anilines is 1. The summed E-state index contributed by atoms with van der Waals surface area (Å²) in [6, 6.07) is 9.34. The second-order valence-electron chi connectivity index (χ2n) is 4.78. The van der Waals surface area contributed by atoms with Crippen molar-refractivity contribution in [2.45, 2.75) is 19.2 Å². The Labute approximate surface area is 129 Å². The molecule has 0 saturated heterocycles. The normalized spacial score (nSPS) is 12.6. The van der Waals surface area contributed by atoms with E-state index in [1.54, 1.807) is 0 Å². The van der Waals surface area contributed by atoms with E-state index >= 15 is 0 Å². The molecule has 3 nitrogen and oxygen atoms in total. The number of halogens is 4. The minimum Gasteiger partial charge on any atom is -0.481 e.